The summed E-state index contributed by atoms with van der Waals surface area (Å²) < 4.78 is 7.27. The van der Waals surface area contributed by atoms with Gasteiger partial charge < -0.3 is 9.30 Å². The lowest BCUT2D eigenvalue weighted by molar-refractivity contribution is -0.145. The Morgan fingerprint density at radius 3 is 2.89 bits per heavy atom. The largest absolute Gasteiger partial charge is 0.465 e. The third-order valence-corrected chi connectivity index (χ3v) is 3.42. The van der Waals surface area contributed by atoms with Crippen LogP contribution in [0.25, 0.3) is 0 Å². The van der Waals surface area contributed by atoms with Crippen molar-refractivity contribution in [1.82, 2.24) is 14.5 Å². The monoisotopic (exact) mass is 265 g/mol. The fraction of sp³-hybridized carbons (Fsp3) is 0.714. The van der Waals surface area contributed by atoms with Gasteiger partial charge >= 0.3 is 5.97 Å². The van der Waals surface area contributed by atoms with Crippen LogP contribution >= 0.6 is 0 Å². The molecule has 1 aromatic heterocycles. The molecule has 0 amide bonds. The summed E-state index contributed by atoms with van der Waals surface area (Å²) in [6, 6.07) is 0.918. The molecule has 1 saturated carbocycles. The Bertz CT molecular complexity index is 424. The molecule has 0 saturated heterocycles. The van der Waals surface area contributed by atoms with Gasteiger partial charge in [0.2, 0.25) is 0 Å². The van der Waals surface area contributed by atoms with E-state index < -0.39 is 0 Å². The summed E-state index contributed by atoms with van der Waals surface area (Å²) in [5.41, 5.74) is 1.18. The van der Waals surface area contributed by atoms with Crippen LogP contribution in [-0.4, -0.2) is 39.6 Å². The number of nitrogens with zero attached hydrogens (tertiary/aromatic N) is 3. The van der Waals surface area contributed by atoms with E-state index in [1.807, 2.05) is 19.4 Å². The quantitative estimate of drug-likeness (QED) is 0.707. The molecule has 1 heterocycles. The summed E-state index contributed by atoms with van der Waals surface area (Å²) in [5, 5.41) is 0. The highest BCUT2D eigenvalue weighted by Crippen LogP contribution is 2.35. The molecule has 0 bridgehead atoms. The zero-order valence-electron chi connectivity index (χ0n) is 12.0. The molecule has 1 aromatic rings. The molecule has 5 heteroatoms. The van der Waals surface area contributed by atoms with Gasteiger partial charge in [-0.05, 0) is 33.6 Å². The average Bonchev–Trinajstić information content (AvgIpc) is 3.09. The third kappa shape index (κ3) is 3.80. The number of hydrogen-bond acceptors (Lipinski definition) is 4. The Morgan fingerprint density at radius 2 is 2.32 bits per heavy atom. The summed E-state index contributed by atoms with van der Waals surface area (Å²) >= 11 is 0. The molecule has 0 unspecified atom stereocenters. The number of rotatable bonds is 7. The van der Waals surface area contributed by atoms with Crippen LogP contribution in [-0.2, 0) is 16.1 Å². The van der Waals surface area contributed by atoms with E-state index in [4.69, 9.17) is 4.74 Å². The molecule has 0 radical (unpaired) electrons. The first-order valence-corrected chi connectivity index (χ1v) is 7.02. The van der Waals surface area contributed by atoms with Crippen LogP contribution in [0, 0.1) is 0 Å². The number of esters is 1. The molecule has 0 atom stereocenters. The Labute approximate surface area is 114 Å². The van der Waals surface area contributed by atoms with Gasteiger partial charge in [0.05, 0.1) is 25.2 Å². The fourth-order valence-corrected chi connectivity index (χ4v) is 2.14. The van der Waals surface area contributed by atoms with Crippen molar-refractivity contribution < 1.29 is 9.53 Å². The van der Waals surface area contributed by atoms with Crippen LogP contribution in [0.1, 0.15) is 45.3 Å². The maximum absolute atomic E-state index is 11.6. The highest BCUT2D eigenvalue weighted by Gasteiger charge is 2.26. The molecule has 1 fully saturated rings. The van der Waals surface area contributed by atoms with Crippen molar-refractivity contribution in [2.75, 3.05) is 13.2 Å². The second-order valence-corrected chi connectivity index (χ2v) is 5.33. The summed E-state index contributed by atoms with van der Waals surface area (Å²) in [5.74, 6) is -0.159. The number of hydrogen-bond donors (Lipinski definition) is 0. The minimum absolute atomic E-state index is 0.159. The first kappa shape index (κ1) is 14.1. The number of imidazole rings is 1. The fourth-order valence-electron chi connectivity index (χ4n) is 2.14. The minimum atomic E-state index is -0.159. The number of carbonyl (C=O) groups is 1. The van der Waals surface area contributed by atoms with Crippen molar-refractivity contribution in [2.24, 2.45) is 0 Å². The number of carbonyl (C=O) groups excluding carboxylic acids is 1. The highest BCUT2D eigenvalue weighted by molar-refractivity contribution is 5.71. The SMILES string of the molecule is CCOC(=O)CN(Cc1cncn1C1CC1)C(C)C. The van der Waals surface area contributed by atoms with E-state index in [1.54, 1.807) is 0 Å². The maximum atomic E-state index is 11.6. The van der Waals surface area contributed by atoms with Gasteiger partial charge in [-0.25, -0.2) is 4.98 Å². The number of ether oxygens (including phenoxy) is 1. The molecule has 1 aliphatic rings. The van der Waals surface area contributed by atoms with Crippen molar-refractivity contribution in [3.8, 4) is 0 Å². The minimum Gasteiger partial charge on any atom is -0.465 e. The van der Waals surface area contributed by atoms with Crippen molar-refractivity contribution in [3.63, 3.8) is 0 Å². The van der Waals surface area contributed by atoms with Gasteiger partial charge in [0.1, 0.15) is 0 Å². The highest BCUT2D eigenvalue weighted by atomic mass is 16.5. The van der Waals surface area contributed by atoms with Crippen LogP contribution in [0.5, 0.6) is 0 Å². The summed E-state index contributed by atoms with van der Waals surface area (Å²) in [6.45, 7) is 7.53. The topological polar surface area (TPSA) is 47.4 Å². The van der Waals surface area contributed by atoms with Crippen molar-refractivity contribution >= 4 is 5.97 Å². The standard InChI is InChI=1S/C14H23N3O2/c1-4-19-14(18)9-16(11(2)3)8-13-7-15-10-17(13)12-5-6-12/h7,10-12H,4-6,8-9H2,1-3H3. The van der Waals surface area contributed by atoms with E-state index in [0.717, 1.165) is 6.54 Å². The zero-order chi connectivity index (χ0) is 13.8. The smallest absolute Gasteiger partial charge is 0.320 e. The Morgan fingerprint density at radius 1 is 1.58 bits per heavy atom. The molecular formula is C14H23N3O2. The van der Waals surface area contributed by atoms with Crippen LogP contribution in [0.15, 0.2) is 12.5 Å². The molecule has 5 nitrogen and oxygen atoms in total. The van der Waals surface area contributed by atoms with Gasteiger partial charge in [-0.15, -0.1) is 0 Å². The van der Waals surface area contributed by atoms with E-state index in [-0.39, 0.29) is 5.97 Å². The molecule has 0 aromatic carbocycles. The van der Waals surface area contributed by atoms with E-state index in [0.29, 0.717) is 25.2 Å². The van der Waals surface area contributed by atoms with Gasteiger partial charge in [-0.1, -0.05) is 0 Å². The summed E-state index contributed by atoms with van der Waals surface area (Å²) in [7, 11) is 0. The van der Waals surface area contributed by atoms with Crippen LogP contribution in [0.2, 0.25) is 0 Å². The van der Waals surface area contributed by atoms with Crippen LogP contribution in [0.4, 0.5) is 0 Å². The molecule has 0 N–H and O–H groups in total. The van der Waals surface area contributed by atoms with E-state index in [2.05, 4.69) is 28.3 Å². The summed E-state index contributed by atoms with van der Waals surface area (Å²) in [4.78, 5) is 18.0. The number of aromatic nitrogens is 2. The van der Waals surface area contributed by atoms with Crippen molar-refractivity contribution in [2.45, 2.75) is 52.2 Å². The lowest BCUT2D eigenvalue weighted by atomic mass is 10.3. The first-order valence-electron chi connectivity index (χ1n) is 7.02. The van der Waals surface area contributed by atoms with Gasteiger partial charge in [0.25, 0.3) is 0 Å². The molecule has 106 valence electrons. The van der Waals surface area contributed by atoms with Gasteiger partial charge in [0.15, 0.2) is 0 Å². The van der Waals surface area contributed by atoms with E-state index in [9.17, 15) is 4.79 Å². The molecule has 0 aliphatic heterocycles. The zero-order valence-corrected chi connectivity index (χ0v) is 12.0. The summed E-state index contributed by atoms with van der Waals surface area (Å²) in [6.07, 6.45) is 6.28. The van der Waals surface area contributed by atoms with E-state index in [1.165, 1.54) is 18.5 Å². The van der Waals surface area contributed by atoms with Crippen molar-refractivity contribution in [1.29, 1.82) is 0 Å². The van der Waals surface area contributed by atoms with Crippen molar-refractivity contribution in [3.05, 3.63) is 18.2 Å². The molecule has 0 spiro atoms. The molecule has 1 aliphatic carbocycles. The van der Waals surface area contributed by atoms with Gasteiger partial charge in [-0.2, -0.15) is 0 Å². The van der Waals surface area contributed by atoms with Crippen LogP contribution in [0.3, 0.4) is 0 Å². The third-order valence-electron chi connectivity index (χ3n) is 3.42. The van der Waals surface area contributed by atoms with Gasteiger partial charge in [0, 0.05) is 24.8 Å². The molecule has 2 rings (SSSR count). The lowest BCUT2D eigenvalue weighted by Crippen LogP contribution is -2.36. The molecule has 19 heavy (non-hydrogen) atoms. The first-order chi connectivity index (χ1) is 9.11. The van der Waals surface area contributed by atoms with E-state index >= 15 is 0 Å². The maximum Gasteiger partial charge on any atom is 0.320 e. The Kier molecular flexibility index (Phi) is 4.58. The normalized spacial score (nSPS) is 15.2. The van der Waals surface area contributed by atoms with Gasteiger partial charge in [-0.3, -0.25) is 9.69 Å². The Hall–Kier alpha value is -1.36. The second-order valence-electron chi connectivity index (χ2n) is 5.33. The molecular weight excluding hydrogens is 242 g/mol. The Balaban J connectivity index is 1.99. The average molecular weight is 265 g/mol. The lowest BCUT2D eigenvalue weighted by Gasteiger charge is -2.25. The predicted molar refractivity (Wildman–Crippen MR) is 72.7 cm³/mol. The van der Waals surface area contributed by atoms with Crippen LogP contribution < -0.4 is 0 Å². The predicted octanol–water partition coefficient (Wildman–Crippen LogP) is 1.99. The second kappa shape index (κ2) is 6.19.